The highest BCUT2D eigenvalue weighted by atomic mass is 16.6. The van der Waals surface area contributed by atoms with Gasteiger partial charge in [-0.25, -0.2) is 0 Å². The third-order valence-corrected chi connectivity index (χ3v) is 2.38. The Hall–Kier alpha value is -1.91. The third-order valence-electron chi connectivity index (χ3n) is 2.38. The molecule has 1 aromatic carbocycles. The van der Waals surface area contributed by atoms with Gasteiger partial charge in [0.2, 0.25) is 0 Å². The van der Waals surface area contributed by atoms with E-state index >= 15 is 0 Å². The second-order valence-electron chi connectivity index (χ2n) is 3.31. The Labute approximate surface area is 86.5 Å². The molecule has 0 heterocycles. The SMILES string of the molecule is Cc1c([C@H](C)C(=O)O)cccc1[N+](=O)[O-]. The van der Waals surface area contributed by atoms with Gasteiger partial charge in [0.25, 0.3) is 5.69 Å². The molecule has 0 amide bonds. The first-order chi connectivity index (χ1) is 6.95. The van der Waals surface area contributed by atoms with Crippen molar-refractivity contribution in [3.05, 3.63) is 39.4 Å². The minimum Gasteiger partial charge on any atom is -0.481 e. The molecular formula is C10H11NO4. The summed E-state index contributed by atoms with van der Waals surface area (Å²) in [5.41, 5.74) is 0.856. The molecule has 80 valence electrons. The van der Waals surface area contributed by atoms with E-state index in [1.165, 1.54) is 19.1 Å². The fraction of sp³-hybridized carbons (Fsp3) is 0.300. The first-order valence-corrected chi connectivity index (χ1v) is 4.42. The normalized spacial score (nSPS) is 12.1. The van der Waals surface area contributed by atoms with Gasteiger partial charge in [-0.1, -0.05) is 12.1 Å². The zero-order valence-corrected chi connectivity index (χ0v) is 8.43. The topological polar surface area (TPSA) is 80.4 Å². The van der Waals surface area contributed by atoms with Crippen LogP contribution >= 0.6 is 0 Å². The second-order valence-corrected chi connectivity index (χ2v) is 3.31. The molecule has 1 N–H and O–H groups in total. The van der Waals surface area contributed by atoms with E-state index in [9.17, 15) is 14.9 Å². The van der Waals surface area contributed by atoms with Gasteiger partial charge in [0.15, 0.2) is 0 Å². The largest absolute Gasteiger partial charge is 0.481 e. The van der Waals surface area contributed by atoms with Gasteiger partial charge in [0, 0.05) is 11.6 Å². The van der Waals surface area contributed by atoms with E-state index in [4.69, 9.17) is 5.11 Å². The number of carboxylic acid groups (broad SMARTS) is 1. The number of nitro groups is 1. The van der Waals surface area contributed by atoms with Crippen LogP contribution in [0.5, 0.6) is 0 Å². The molecule has 0 spiro atoms. The molecule has 0 unspecified atom stereocenters. The van der Waals surface area contributed by atoms with Crippen LogP contribution < -0.4 is 0 Å². The van der Waals surface area contributed by atoms with E-state index in [0.717, 1.165) is 0 Å². The number of carboxylic acids is 1. The lowest BCUT2D eigenvalue weighted by Crippen LogP contribution is -2.09. The number of hydrogen-bond acceptors (Lipinski definition) is 3. The summed E-state index contributed by atoms with van der Waals surface area (Å²) in [5, 5.41) is 19.4. The van der Waals surface area contributed by atoms with E-state index in [0.29, 0.717) is 11.1 Å². The Morgan fingerprint density at radius 1 is 1.53 bits per heavy atom. The average Bonchev–Trinajstić information content (AvgIpc) is 2.16. The number of hydrogen-bond donors (Lipinski definition) is 1. The Morgan fingerprint density at radius 3 is 2.60 bits per heavy atom. The van der Waals surface area contributed by atoms with Crippen molar-refractivity contribution in [2.45, 2.75) is 19.8 Å². The quantitative estimate of drug-likeness (QED) is 0.610. The van der Waals surface area contributed by atoms with E-state index in [2.05, 4.69) is 0 Å². The molecule has 0 aromatic heterocycles. The molecule has 1 rings (SSSR count). The van der Waals surface area contributed by atoms with Gasteiger partial charge in [0.1, 0.15) is 0 Å². The number of rotatable bonds is 3. The molecule has 1 atom stereocenters. The highest BCUT2D eigenvalue weighted by Crippen LogP contribution is 2.26. The molecule has 0 bridgehead atoms. The van der Waals surface area contributed by atoms with Crippen LogP contribution in [0.4, 0.5) is 5.69 Å². The minimum atomic E-state index is -0.987. The fourth-order valence-corrected chi connectivity index (χ4v) is 1.44. The Kier molecular flexibility index (Phi) is 3.04. The van der Waals surface area contributed by atoms with Crippen LogP contribution in [0.3, 0.4) is 0 Å². The Morgan fingerprint density at radius 2 is 2.13 bits per heavy atom. The molecule has 0 saturated heterocycles. The molecule has 1 aromatic rings. The van der Waals surface area contributed by atoms with Crippen LogP contribution in [0.15, 0.2) is 18.2 Å². The molecule has 0 radical (unpaired) electrons. The molecule has 5 heteroatoms. The van der Waals surface area contributed by atoms with Gasteiger partial charge >= 0.3 is 5.97 Å². The summed E-state index contributed by atoms with van der Waals surface area (Å²) in [6.45, 7) is 3.07. The van der Waals surface area contributed by atoms with E-state index < -0.39 is 16.8 Å². The van der Waals surface area contributed by atoms with Crippen LogP contribution in [-0.4, -0.2) is 16.0 Å². The number of aliphatic carboxylic acids is 1. The number of benzene rings is 1. The van der Waals surface area contributed by atoms with Crippen LogP contribution in [0.2, 0.25) is 0 Å². The van der Waals surface area contributed by atoms with Crippen LogP contribution in [0, 0.1) is 17.0 Å². The maximum atomic E-state index is 10.8. The summed E-state index contributed by atoms with van der Waals surface area (Å²) >= 11 is 0. The first-order valence-electron chi connectivity index (χ1n) is 4.42. The Bertz CT molecular complexity index is 414. The lowest BCUT2D eigenvalue weighted by atomic mass is 9.95. The lowest BCUT2D eigenvalue weighted by molar-refractivity contribution is -0.385. The summed E-state index contributed by atoms with van der Waals surface area (Å²) in [6, 6.07) is 4.47. The summed E-state index contributed by atoms with van der Waals surface area (Å²) in [4.78, 5) is 20.9. The maximum Gasteiger partial charge on any atom is 0.310 e. The van der Waals surface area contributed by atoms with E-state index in [1.807, 2.05) is 0 Å². The van der Waals surface area contributed by atoms with Crippen molar-refractivity contribution in [1.82, 2.24) is 0 Å². The summed E-state index contributed by atoms with van der Waals surface area (Å²) in [7, 11) is 0. The third kappa shape index (κ3) is 2.12. The molecule has 0 fully saturated rings. The van der Waals surface area contributed by atoms with Crippen molar-refractivity contribution in [2.24, 2.45) is 0 Å². The molecule has 0 aliphatic heterocycles. The van der Waals surface area contributed by atoms with Crippen molar-refractivity contribution in [1.29, 1.82) is 0 Å². The molecule has 0 aliphatic rings. The monoisotopic (exact) mass is 209 g/mol. The zero-order valence-electron chi connectivity index (χ0n) is 8.43. The zero-order chi connectivity index (χ0) is 11.6. The van der Waals surface area contributed by atoms with Crippen LogP contribution in [0.1, 0.15) is 24.0 Å². The van der Waals surface area contributed by atoms with Crippen LogP contribution in [0.25, 0.3) is 0 Å². The average molecular weight is 209 g/mol. The first kappa shape index (κ1) is 11.2. The van der Waals surface area contributed by atoms with Gasteiger partial charge < -0.3 is 5.11 Å². The van der Waals surface area contributed by atoms with Crippen molar-refractivity contribution in [3.8, 4) is 0 Å². The standard InChI is InChI=1S/C10H11NO4/c1-6-8(7(2)10(12)13)4-3-5-9(6)11(14)15/h3-5,7H,1-2H3,(H,12,13)/t7-/m0/s1. The van der Waals surface area contributed by atoms with Crippen molar-refractivity contribution >= 4 is 11.7 Å². The lowest BCUT2D eigenvalue weighted by Gasteiger charge is -2.09. The number of nitro benzene ring substituents is 1. The fourth-order valence-electron chi connectivity index (χ4n) is 1.44. The molecule has 15 heavy (non-hydrogen) atoms. The number of carbonyl (C=O) groups is 1. The molecule has 0 saturated carbocycles. The molecular weight excluding hydrogens is 198 g/mol. The summed E-state index contributed by atoms with van der Waals surface area (Å²) in [6.07, 6.45) is 0. The summed E-state index contributed by atoms with van der Waals surface area (Å²) in [5.74, 6) is -1.72. The Balaban J connectivity index is 3.26. The van der Waals surface area contributed by atoms with Gasteiger partial charge in [-0.05, 0) is 19.4 Å². The smallest absolute Gasteiger partial charge is 0.310 e. The van der Waals surface area contributed by atoms with Gasteiger partial charge in [-0.2, -0.15) is 0 Å². The maximum absolute atomic E-state index is 10.8. The van der Waals surface area contributed by atoms with E-state index in [-0.39, 0.29) is 5.69 Å². The number of nitrogens with zero attached hydrogens (tertiary/aromatic N) is 1. The van der Waals surface area contributed by atoms with Gasteiger partial charge in [-0.15, -0.1) is 0 Å². The highest BCUT2D eigenvalue weighted by Gasteiger charge is 2.20. The second kappa shape index (κ2) is 4.08. The highest BCUT2D eigenvalue weighted by molar-refractivity contribution is 5.76. The van der Waals surface area contributed by atoms with E-state index in [1.54, 1.807) is 13.0 Å². The minimum absolute atomic E-state index is 0.0411. The molecule has 5 nitrogen and oxygen atoms in total. The predicted octanol–water partition coefficient (Wildman–Crippen LogP) is 2.09. The predicted molar refractivity (Wildman–Crippen MR) is 53.9 cm³/mol. The van der Waals surface area contributed by atoms with Crippen molar-refractivity contribution in [3.63, 3.8) is 0 Å². The van der Waals surface area contributed by atoms with Crippen molar-refractivity contribution in [2.75, 3.05) is 0 Å². The molecule has 0 aliphatic carbocycles. The van der Waals surface area contributed by atoms with Gasteiger partial charge in [0.05, 0.1) is 10.8 Å². The summed E-state index contributed by atoms with van der Waals surface area (Å²) < 4.78 is 0. The van der Waals surface area contributed by atoms with Crippen molar-refractivity contribution < 1.29 is 14.8 Å². The van der Waals surface area contributed by atoms with Gasteiger partial charge in [-0.3, -0.25) is 14.9 Å². The van der Waals surface area contributed by atoms with Crippen LogP contribution in [-0.2, 0) is 4.79 Å².